The van der Waals surface area contributed by atoms with E-state index in [1.54, 1.807) is 6.07 Å². The van der Waals surface area contributed by atoms with E-state index in [0.717, 1.165) is 24.0 Å². The van der Waals surface area contributed by atoms with Crippen molar-refractivity contribution in [2.45, 2.75) is 18.9 Å². The molecular weight excluding hydrogens is 140 g/mol. The molecule has 1 aliphatic rings. The van der Waals surface area contributed by atoms with Crippen LogP contribution in [0.15, 0.2) is 18.2 Å². The fourth-order valence-electron chi connectivity index (χ4n) is 1.55. The SMILES string of the molecule is [2H]Oc1ccc2c(c1)CCC2O[2H]. The smallest absolute Gasteiger partial charge is 0.293 e. The van der Waals surface area contributed by atoms with Crippen LogP contribution >= 0.6 is 0 Å². The minimum absolute atomic E-state index is 0.102. The van der Waals surface area contributed by atoms with E-state index in [1.165, 1.54) is 0 Å². The highest BCUT2D eigenvalue weighted by atomic mass is 16.3. The van der Waals surface area contributed by atoms with Crippen molar-refractivity contribution in [1.29, 1.82) is 2.86 Å². The fourth-order valence-corrected chi connectivity index (χ4v) is 1.55. The molecule has 2 N–H and O–H groups in total. The minimum Gasteiger partial charge on any atom is -0.508 e. The Morgan fingerprint density at radius 1 is 1.55 bits per heavy atom. The average Bonchev–Trinajstić information content (AvgIpc) is 2.59. The van der Waals surface area contributed by atoms with Gasteiger partial charge in [0.15, 0.2) is 0 Å². The lowest BCUT2D eigenvalue weighted by atomic mass is 10.1. The molecule has 0 bridgehead atoms. The number of aromatic hydroxyl groups is 1. The topological polar surface area (TPSA) is 40.5 Å². The molecule has 2 heteroatoms. The molecule has 1 atom stereocenters. The van der Waals surface area contributed by atoms with Gasteiger partial charge >= 0.3 is 0 Å². The highest BCUT2D eigenvalue weighted by Crippen LogP contribution is 2.32. The summed E-state index contributed by atoms with van der Waals surface area (Å²) in [4.78, 5) is 0. The second-order valence-electron chi connectivity index (χ2n) is 2.89. The first kappa shape index (κ1) is 4.78. The maximum absolute atomic E-state index is 6.86. The molecule has 0 spiro atoms. The first-order valence-electron chi connectivity index (χ1n) is 4.54. The number of aliphatic hydroxyl groups is 1. The maximum Gasteiger partial charge on any atom is 0.293 e. The number of phenols is 1. The molecule has 0 heterocycles. The Morgan fingerprint density at radius 2 is 2.55 bits per heavy atom. The van der Waals surface area contributed by atoms with Crippen LogP contribution in [0.2, 0.25) is 0 Å². The second kappa shape index (κ2) is 2.24. The largest absolute Gasteiger partial charge is 0.508 e. The predicted octanol–water partition coefficient (Wildman–Crippen LogP) is 1.37. The van der Waals surface area contributed by atoms with Gasteiger partial charge in [0.05, 0.1) is 6.10 Å². The van der Waals surface area contributed by atoms with Gasteiger partial charge in [-0.25, -0.2) is 0 Å². The number of aliphatic hydroxyl groups excluding tert-OH is 1. The van der Waals surface area contributed by atoms with Crippen molar-refractivity contribution in [2.75, 3.05) is 0 Å². The monoisotopic (exact) mass is 152 g/mol. The van der Waals surface area contributed by atoms with Crippen LogP contribution in [0.3, 0.4) is 0 Å². The normalized spacial score (nSPS) is 23.8. The molecule has 0 saturated carbocycles. The molecule has 0 radical (unpaired) electrons. The highest BCUT2D eigenvalue weighted by molar-refractivity contribution is 5.39. The predicted molar refractivity (Wildman–Crippen MR) is 41.4 cm³/mol. The summed E-state index contributed by atoms with van der Waals surface area (Å²) in [7, 11) is 0. The number of benzene rings is 1. The quantitative estimate of drug-likeness (QED) is 0.672. The van der Waals surface area contributed by atoms with Gasteiger partial charge in [0.1, 0.15) is 5.75 Å². The van der Waals surface area contributed by atoms with Gasteiger partial charge in [-0.1, -0.05) is 6.07 Å². The molecule has 0 aliphatic heterocycles. The maximum atomic E-state index is 6.86. The van der Waals surface area contributed by atoms with E-state index in [4.69, 9.17) is 2.86 Å². The molecule has 1 unspecified atom stereocenters. The molecule has 1 aromatic carbocycles. The molecular formula is C9H10O2. The summed E-state index contributed by atoms with van der Waals surface area (Å²) in [6, 6.07) is 5.43. The van der Waals surface area contributed by atoms with Crippen molar-refractivity contribution < 1.29 is 10.2 Å². The summed E-state index contributed by atoms with van der Waals surface area (Å²) in [5, 5.41) is 8.94. The molecule has 0 fully saturated rings. The molecule has 1 aromatic rings. The van der Waals surface area contributed by atoms with Crippen LogP contribution in [0.1, 0.15) is 23.7 Å². The molecule has 2 rings (SSSR count). The summed E-state index contributed by atoms with van der Waals surface area (Å²) in [5.74, 6) is 0.546. The molecule has 11 heavy (non-hydrogen) atoms. The van der Waals surface area contributed by atoms with Crippen molar-refractivity contribution in [1.82, 2.24) is 0 Å². The summed E-state index contributed by atoms with van der Waals surface area (Å²) in [6.07, 6.45) is 1.64. The number of rotatable bonds is 2. The summed E-state index contributed by atoms with van der Waals surface area (Å²) >= 11 is 0. The summed E-state index contributed by atoms with van der Waals surface area (Å²) in [5.41, 5.74) is 2.18. The van der Waals surface area contributed by atoms with Gasteiger partial charge in [-0.2, -0.15) is 0 Å². The van der Waals surface area contributed by atoms with Gasteiger partial charge in [-0.05, 0) is 36.1 Å². The Morgan fingerprint density at radius 3 is 3.36 bits per heavy atom. The zero-order chi connectivity index (χ0) is 9.26. The van der Waals surface area contributed by atoms with E-state index in [-0.39, 0.29) is 6.10 Å². The van der Waals surface area contributed by atoms with Crippen LogP contribution in [-0.4, -0.2) is 13.1 Å². The Balaban J connectivity index is 2.34. The third-order valence-electron chi connectivity index (χ3n) is 2.14. The van der Waals surface area contributed by atoms with Crippen LogP contribution in [0.25, 0.3) is 0 Å². The van der Waals surface area contributed by atoms with Crippen molar-refractivity contribution in [3.63, 3.8) is 0 Å². The van der Waals surface area contributed by atoms with E-state index < -0.39 is 0 Å². The van der Waals surface area contributed by atoms with Gasteiger partial charge < -0.3 is 10.2 Å². The highest BCUT2D eigenvalue weighted by Gasteiger charge is 2.19. The Labute approximate surface area is 68.1 Å². The van der Waals surface area contributed by atoms with Crippen molar-refractivity contribution in [3.8, 4) is 5.75 Å². The first-order chi connectivity index (χ1) is 6.35. The van der Waals surface area contributed by atoms with E-state index >= 15 is 0 Å². The number of aryl methyl sites for hydroxylation is 1. The molecule has 2 nitrogen and oxygen atoms in total. The third kappa shape index (κ3) is 0.994. The molecule has 0 amide bonds. The molecule has 0 saturated heterocycles. The van der Waals surface area contributed by atoms with Crippen LogP contribution < -0.4 is 0 Å². The van der Waals surface area contributed by atoms with E-state index in [9.17, 15) is 0 Å². The van der Waals surface area contributed by atoms with E-state index in [1.807, 2.05) is 12.1 Å². The molecule has 0 aromatic heterocycles. The van der Waals surface area contributed by atoms with Crippen molar-refractivity contribution in [2.24, 2.45) is 0 Å². The van der Waals surface area contributed by atoms with E-state index in [2.05, 4.69) is 10.2 Å². The zero-order valence-corrected chi connectivity index (χ0v) is 6.04. The lowest BCUT2D eigenvalue weighted by molar-refractivity contribution is 0.180. The van der Waals surface area contributed by atoms with Crippen molar-refractivity contribution >= 4 is 0 Å². The lowest BCUT2D eigenvalue weighted by Crippen LogP contribution is -1.88. The Hall–Kier alpha value is -1.02. The van der Waals surface area contributed by atoms with Gasteiger partial charge in [0, 0.05) is 0 Å². The number of hydrogen-bond donors (Lipinski definition) is 2. The van der Waals surface area contributed by atoms with Crippen LogP contribution in [-0.2, 0) is 6.42 Å². The second-order valence-corrected chi connectivity index (χ2v) is 2.89. The van der Waals surface area contributed by atoms with Gasteiger partial charge in [-0.3, -0.25) is 0 Å². The number of fused-ring (bicyclic) bond motifs is 1. The fraction of sp³-hybridized carbons (Fsp3) is 0.333. The van der Waals surface area contributed by atoms with Gasteiger partial charge in [0.2, 0.25) is 1.43 Å². The average molecular weight is 152 g/mol. The van der Waals surface area contributed by atoms with E-state index in [0.29, 0.717) is 5.75 Å². The van der Waals surface area contributed by atoms with Crippen LogP contribution in [0, 0.1) is 0 Å². The summed E-state index contributed by atoms with van der Waals surface area (Å²) < 4.78 is 13.6. The zero-order valence-electron chi connectivity index (χ0n) is 8.04. The Bertz CT molecular complexity index is 314. The molecule has 1 aliphatic carbocycles. The third-order valence-corrected chi connectivity index (χ3v) is 2.14. The van der Waals surface area contributed by atoms with Crippen LogP contribution in [0.4, 0.5) is 0 Å². The standard InChI is InChI=1S/C9H10O2/c10-7-2-3-8-6(5-7)1-4-9(8)11/h2-3,5,9-11H,1,4H2/i11D/hD. The minimum atomic E-state index is -0.102. The number of phenolic OH excluding ortho intramolecular Hbond substituents is 1. The van der Waals surface area contributed by atoms with Gasteiger partial charge in [-0.15, -0.1) is 0 Å². The summed E-state index contributed by atoms with van der Waals surface area (Å²) in [6.45, 7) is 0. The van der Waals surface area contributed by atoms with Crippen LogP contribution in [0.5, 0.6) is 5.75 Å². The van der Waals surface area contributed by atoms with Crippen molar-refractivity contribution in [3.05, 3.63) is 29.3 Å². The first-order valence-corrected chi connectivity index (χ1v) is 3.73. The lowest BCUT2D eigenvalue weighted by Gasteiger charge is -2.02. The van der Waals surface area contributed by atoms with Gasteiger partial charge in [0.25, 0.3) is 1.43 Å². The number of hydrogen-bond acceptors (Lipinski definition) is 2. The molecule has 58 valence electrons. The Kier molecular flexibility index (Phi) is 0.972.